The molecule has 0 atom stereocenters. The van der Waals surface area contributed by atoms with E-state index in [1.807, 2.05) is 48.9 Å². The van der Waals surface area contributed by atoms with E-state index in [0.717, 1.165) is 22.6 Å². The summed E-state index contributed by atoms with van der Waals surface area (Å²) in [6, 6.07) is 14.9. The van der Waals surface area contributed by atoms with Crippen LogP contribution in [0.5, 0.6) is 0 Å². The van der Waals surface area contributed by atoms with Crippen molar-refractivity contribution < 1.29 is 13.2 Å². The van der Waals surface area contributed by atoms with Crippen molar-refractivity contribution in [3.8, 4) is 5.69 Å². The van der Waals surface area contributed by atoms with Gasteiger partial charge in [-0.15, -0.1) is 0 Å². The zero-order valence-electron chi connectivity index (χ0n) is 19.9. The Morgan fingerprint density at radius 3 is 2.24 bits per heavy atom. The lowest BCUT2D eigenvalue weighted by molar-refractivity contribution is 0.0954. The minimum absolute atomic E-state index is 0.179. The van der Waals surface area contributed by atoms with Crippen LogP contribution in [-0.2, 0) is 16.4 Å². The number of carbonyl (C=O) groups is 1. The van der Waals surface area contributed by atoms with Crippen LogP contribution in [0.15, 0.2) is 53.4 Å². The van der Waals surface area contributed by atoms with E-state index < -0.39 is 10.0 Å². The Labute approximate surface area is 196 Å². The number of hydrogen-bond donors (Lipinski definition) is 1. The second-order valence-electron chi connectivity index (χ2n) is 8.08. The van der Waals surface area contributed by atoms with Gasteiger partial charge in [0.2, 0.25) is 10.0 Å². The molecule has 1 aromatic heterocycles. The Morgan fingerprint density at radius 1 is 1.00 bits per heavy atom. The third kappa shape index (κ3) is 5.51. The SMILES string of the molecule is CCN(CC)S(=O)(=O)c1cc(C(=O)NCCc2ccc(-n3nc(C)cc3C)cc2)ccc1C. The zero-order chi connectivity index (χ0) is 24.2. The Bertz CT molecular complexity index is 1230. The van der Waals surface area contributed by atoms with Crippen molar-refractivity contribution in [1.29, 1.82) is 0 Å². The molecule has 0 radical (unpaired) electrons. The standard InChI is InChI=1S/C25H32N4O3S/c1-6-28(7-2)33(31,32)24-17-22(11-8-18(24)3)25(30)26-15-14-21-9-12-23(13-10-21)29-20(5)16-19(4)27-29/h8-13,16-17H,6-7,14-15H2,1-5H3,(H,26,30). The van der Waals surface area contributed by atoms with E-state index in [1.54, 1.807) is 32.9 Å². The van der Waals surface area contributed by atoms with E-state index in [-0.39, 0.29) is 10.8 Å². The quantitative estimate of drug-likeness (QED) is 0.518. The molecule has 7 nitrogen and oxygen atoms in total. The lowest BCUT2D eigenvalue weighted by Crippen LogP contribution is -2.31. The average Bonchev–Trinajstić information content (AvgIpc) is 3.12. The van der Waals surface area contributed by atoms with Crippen molar-refractivity contribution in [1.82, 2.24) is 19.4 Å². The molecule has 3 rings (SSSR count). The fourth-order valence-electron chi connectivity index (χ4n) is 3.84. The van der Waals surface area contributed by atoms with Crippen molar-refractivity contribution in [3.63, 3.8) is 0 Å². The summed E-state index contributed by atoms with van der Waals surface area (Å²) >= 11 is 0. The van der Waals surface area contributed by atoms with Crippen molar-refractivity contribution in [3.05, 3.63) is 76.6 Å². The van der Waals surface area contributed by atoms with Gasteiger partial charge in [0.1, 0.15) is 0 Å². The van der Waals surface area contributed by atoms with Crippen molar-refractivity contribution in [2.75, 3.05) is 19.6 Å². The average molecular weight is 469 g/mol. The van der Waals surface area contributed by atoms with Gasteiger partial charge in [0.15, 0.2) is 0 Å². The van der Waals surface area contributed by atoms with E-state index in [0.29, 0.717) is 37.2 Å². The first kappa shape index (κ1) is 24.7. The summed E-state index contributed by atoms with van der Waals surface area (Å²) in [6.07, 6.45) is 0.666. The number of aromatic nitrogens is 2. The maximum atomic E-state index is 12.9. The van der Waals surface area contributed by atoms with Gasteiger partial charge < -0.3 is 5.32 Å². The van der Waals surface area contributed by atoms with Gasteiger partial charge in [-0.3, -0.25) is 4.79 Å². The van der Waals surface area contributed by atoms with E-state index in [2.05, 4.69) is 10.4 Å². The number of benzene rings is 2. The lowest BCUT2D eigenvalue weighted by atomic mass is 10.1. The summed E-state index contributed by atoms with van der Waals surface area (Å²) in [4.78, 5) is 12.9. The van der Waals surface area contributed by atoms with E-state index >= 15 is 0 Å². The third-order valence-corrected chi connectivity index (χ3v) is 7.86. The van der Waals surface area contributed by atoms with Crippen LogP contribution in [0.25, 0.3) is 5.69 Å². The van der Waals surface area contributed by atoms with Gasteiger partial charge >= 0.3 is 0 Å². The first-order valence-corrected chi connectivity index (χ1v) is 12.6. The first-order chi connectivity index (χ1) is 15.7. The van der Waals surface area contributed by atoms with Crippen LogP contribution in [0.3, 0.4) is 0 Å². The van der Waals surface area contributed by atoms with E-state index in [1.165, 1.54) is 10.4 Å². The minimum atomic E-state index is -3.63. The predicted molar refractivity (Wildman–Crippen MR) is 130 cm³/mol. The highest BCUT2D eigenvalue weighted by atomic mass is 32.2. The summed E-state index contributed by atoms with van der Waals surface area (Å²) in [5, 5.41) is 7.39. The van der Waals surface area contributed by atoms with Crippen LogP contribution in [0.4, 0.5) is 0 Å². The summed E-state index contributed by atoms with van der Waals surface area (Å²) in [6.45, 7) is 10.6. The summed E-state index contributed by atoms with van der Waals surface area (Å²) in [7, 11) is -3.63. The highest BCUT2D eigenvalue weighted by Crippen LogP contribution is 2.21. The first-order valence-electron chi connectivity index (χ1n) is 11.2. The number of aryl methyl sites for hydroxylation is 3. The van der Waals surface area contributed by atoms with Gasteiger partial charge in [0.05, 0.1) is 16.3 Å². The summed E-state index contributed by atoms with van der Waals surface area (Å²) in [5.41, 5.74) is 5.10. The Hall–Kier alpha value is -2.97. The van der Waals surface area contributed by atoms with Gasteiger partial charge in [-0.05, 0) is 68.7 Å². The third-order valence-electron chi connectivity index (χ3n) is 5.66. The molecule has 0 aliphatic rings. The Balaban J connectivity index is 1.65. The molecule has 176 valence electrons. The van der Waals surface area contributed by atoms with Gasteiger partial charge in [0, 0.05) is 30.9 Å². The maximum Gasteiger partial charge on any atom is 0.251 e. The molecular formula is C25H32N4O3S. The van der Waals surface area contributed by atoms with Gasteiger partial charge in [-0.2, -0.15) is 9.40 Å². The van der Waals surface area contributed by atoms with Crippen LogP contribution in [0, 0.1) is 20.8 Å². The molecule has 8 heteroatoms. The number of nitrogens with one attached hydrogen (secondary N) is 1. The molecule has 0 aliphatic heterocycles. The van der Waals surface area contributed by atoms with Crippen LogP contribution >= 0.6 is 0 Å². The number of carbonyl (C=O) groups excluding carboxylic acids is 1. The van der Waals surface area contributed by atoms with Gasteiger partial charge in [-0.1, -0.05) is 32.0 Å². The zero-order valence-corrected chi connectivity index (χ0v) is 20.7. The highest BCUT2D eigenvalue weighted by molar-refractivity contribution is 7.89. The van der Waals surface area contributed by atoms with Crippen LogP contribution in [0.1, 0.15) is 46.7 Å². The molecule has 0 saturated heterocycles. The molecule has 2 aromatic carbocycles. The molecule has 1 N–H and O–H groups in total. The Morgan fingerprint density at radius 2 is 1.67 bits per heavy atom. The monoisotopic (exact) mass is 468 g/mol. The number of sulfonamides is 1. The largest absolute Gasteiger partial charge is 0.352 e. The molecule has 0 fully saturated rings. The number of nitrogens with zero attached hydrogens (tertiary/aromatic N) is 3. The molecule has 0 saturated carbocycles. The molecule has 0 spiro atoms. The topological polar surface area (TPSA) is 84.3 Å². The van der Waals surface area contributed by atoms with Crippen molar-refractivity contribution in [2.45, 2.75) is 45.9 Å². The normalized spacial score (nSPS) is 11.7. The highest BCUT2D eigenvalue weighted by Gasteiger charge is 2.24. The Kier molecular flexibility index (Phi) is 7.71. The van der Waals surface area contributed by atoms with Gasteiger partial charge in [0.25, 0.3) is 5.91 Å². The smallest absolute Gasteiger partial charge is 0.251 e. The molecule has 0 aliphatic carbocycles. The molecule has 1 heterocycles. The summed E-state index contributed by atoms with van der Waals surface area (Å²) < 4.78 is 29.2. The number of amides is 1. The van der Waals surface area contributed by atoms with Crippen LogP contribution < -0.4 is 5.32 Å². The number of rotatable bonds is 9. The summed E-state index contributed by atoms with van der Waals surface area (Å²) in [5.74, 6) is -0.287. The minimum Gasteiger partial charge on any atom is -0.352 e. The molecule has 0 bridgehead atoms. The predicted octanol–water partition coefficient (Wildman–Crippen LogP) is 3.80. The lowest BCUT2D eigenvalue weighted by Gasteiger charge is -2.20. The van der Waals surface area contributed by atoms with Crippen molar-refractivity contribution >= 4 is 15.9 Å². The second-order valence-corrected chi connectivity index (χ2v) is 9.99. The van der Waals surface area contributed by atoms with E-state index in [9.17, 15) is 13.2 Å². The van der Waals surface area contributed by atoms with Crippen LogP contribution in [-0.4, -0.2) is 48.0 Å². The van der Waals surface area contributed by atoms with Crippen LogP contribution in [0.2, 0.25) is 0 Å². The fraction of sp³-hybridized carbons (Fsp3) is 0.360. The maximum absolute atomic E-state index is 12.9. The second kappa shape index (κ2) is 10.3. The van der Waals surface area contributed by atoms with Gasteiger partial charge in [-0.25, -0.2) is 13.1 Å². The van der Waals surface area contributed by atoms with Crippen molar-refractivity contribution in [2.24, 2.45) is 0 Å². The molecule has 0 unspecified atom stereocenters. The molecule has 3 aromatic rings. The number of hydrogen-bond acceptors (Lipinski definition) is 4. The molecule has 33 heavy (non-hydrogen) atoms. The fourth-order valence-corrected chi connectivity index (χ4v) is 5.55. The molecular weight excluding hydrogens is 436 g/mol. The molecule has 1 amide bonds. The van der Waals surface area contributed by atoms with E-state index in [4.69, 9.17) is 0 Å².